The molecule has 7 aromatic carbocycles. The van der Waals surface area contributed by atoms with E-state index in [0.29, 0.717) is 0 Å². The zero-order valence-electron chi connectivity index (χ0n) is 25.3. The minimum absolute atomic E-state index is 0.503. The highest BCUT2D eigenvalue weighted by atomic mass is 32.2. The van der Waals surface area contributed by atoms with Crippen molar-refractivity contribution in [2.24, 2.45) is 0 Å². The number of anilines is 3. The SMILES string of the molecule is c1ccc2c(c1)Oc1ccccc1C21c2ccccc2Sc2ccc(-c3ccc(N4c5ccccc5Sc5ccccc54)cc3)cc21. The van der Waals surface area contributed by atoms with E-state index < -0.39 is 5.41 Å². The first-order chi connectivity index (χ1) is 23.3. The van der Waals surface area contributed by atoms with Gasteiger partial charge in [0.05, 0.1) is 16.8 Å². The van der Waals surface area contributed by atoms with E-state index in [9.17, 15) is 0 Å². The first-order valence-electron chi connectivity index (χ1n) is 15.8. The Hall–Kier alpha value is -5.16. The van der Waals surface area contributed by atoms with Gasteiger partial charge in [0.15, 0.2) is 0 Å². The maximum atomic E-state index is 6.56. The average molecular weight is 638 g/mol. The zero-order valence-corrected chi connectivity index (χ0v) is 26.9. The number of nitrogens with zero attached hydrogens (tertiary/aromatic N) is 1. The van der Waals surface area contributed by atoms with Crippen molar-refractivity contribution in [2.45, 2.75) is 25.0 Å². The van der Waals surface area contributed by atoms with E-state index in [4.69, 9.17) is 4.74 Å². The molecule has 0 fully saturated rings. The normalized spacial score (nSPS) is 14.5. The van der Waals surface area contributed by atoms with Crippen LogP contribution in [0.2, 0.25) is 0 Å². The van der Waals surface area contributed by atoms with Crippen LogP contribution < -0.4 is 9.64 Å². The molecular formula is C43H27NOS2. The van der Waals surface area contributed by atoms with Gasteiger partial charge in [0, 0.05) is 36.4 Å². The highest BCUT2D eigenvalue weighted by molar-refractivity contribution is 8.00. The topological polar surface area (TPSA) is 12.5 Å². The highest BCUT2D eigenvalue weighted by Crippen LogP contribution is 2.61. The Bertz CT molecular complexity index is 2210. The van der Waals surface area contributed by atoms with Crippen LogP contribution in [0.4, 0.5) is 17.1 Å². The summed E-state index contributed by atoms with van der Waals surface area (Å²) in [5.41, 5.74) is 10.4. The van der Waals surface area contributed by atoms with Crippen LogP contribution in [0.5, 0.6) is 11.5 Å². The molecule has 0 amide bonds. The molecule has 0 N–H and O–H groups in total. The number of benzene rings is 7. The molecule has 0 radical (unpaired) electrons. The maximum absolute atomic E-state index is 6.56. The third kappa shape index (κ3) is 3.95. The molecule has 0 aliphatic carbocycles. The largest absolute Gasteiger partial charge is 0.457 e. The Labute approximate surface area is 282 Å². The van der Waals surface area contributed by atoms with Crippen LogP contribution in [0, 0.1) is 0 Å². The third-order valence-corrected chi connectivity index (χ3v) is 11.9. The van der Waals surface area contributed by atoms with Crippen molar-refractivity contribution in [3.8, 4) is 22.6 Å². The van der Waals surface area contributed by atoms with Gasteiger partial charge in [-0.05, 0) is 89.0 Å². The fraction of sp³-hybridized carbons (Fsp3) is 0.0233. The number of para-hydroxylation sites is 4. The van der Waals surface area contributed by atoms with Crippen LogP contribution in [0.3, 0.4) is 0 Å². The van der Waals surface area contributed by atoms with Gasteiger partial charge in [0.2, 0.25) is 0 Å². The number of fused-ring (bicyclic) bond motifs is 10. The Balaban J connectivity index is 1.15. The van der Waals surface area contributed by atoms with Gasteiger partial charge in [0.25, 0.3) is 0 Å². The van der Waals surface area contributed by atoms with Crippen LogP contribution in [-0.2, 0) is 5.41 Å². The highest BCUT2D eigenvalue weighted by Gasteiger charge is 2.49. The fourth-order valence-electron chi connectivity index (χ4n) is 7.58. The molecule has 0 bridgehead atoms. The summed E-state index contributed by atoms with van der Waals surface area (Å²) in [7, 11) is 0. The van der Waals surface area contributed by atoms with Crippen LogP contribution >= 0.6 is 23.5 Å². The molecule has 222 valence electrons. The standard InChI is InChI=1S/C43H27NOS2/c1-6-16-37-31(11-1)43(32-12-2-7-17-38(32)45-37)33-13-3-8-18-39(33)46-40-26-23-29(27-34(40)43)28-21-24-30(25-22-28)44-35-14-4-9-19-41(35)47-42-20-10-5-15-36(42)44/h1-27H. The number of rotatable bonds is 2. The lowest BCUT2D eigenvalue weighted by Crippen LogP contribution is -2.36. The van der Waals surface area contributed by atoms with Crippen molar-refractivity contribution in [1.82, 2.24) is 0 Å². The van der Waals surface area contributed by atoms with E-state index in [0.717, 1.165) is 17.2 Å². The lowest BCUT2D eigenvalue weighted by atomic mass is 9.63. The molecule has 47 heavy (non-hydrogen) atoms. The minimum Gasteiger partial charge on any atom is -0.457 e. The third-order valence-electron chi connectivity index (χ3n) is 9.59. The summed E-state index contributed by atoms with van der Waals surface area (Å²) in [5.74, 6) is 1.82. The number of hydrogen-bond donors (Lipinski definition) is 0. The summed E-state index contributed by atoms with van der Waals surface area (Å²) in [6.45, 7) is 0. The molecular weight excluding hydrogens is 611 g/mol. The fourth-order valence-corrected chi connectivity index (χ4v) is 9.81. The molecule has 7 aromatic rings. The van der Waals surface area contributed by atoms with Crippen molar-refractivity contribution in [3.63, 3.8) is 0 Å². The minimum atomic E-state index is -0.503. The smallest absolute Gasteiger partial charge is 0.132 e. The van der Waals surface area contributed by atoms with E-state index >= 15 is 0 Å². The second-order valence-electron chi connectivity index (χ2n) is 12.1. The van der Waals surface area contributed by atoms with Crippen molar-refractivity contribution >= 4 is 40.6 Å². The van der Waals surface area contributed by atoms with Gasteiger partial charge in [-0.1, -0.05) is 121 Å². The van der Waals surface area contributed by atoms with Gasteiger partial charge in [-0.15, -0.1) is 0 Å². The molecule has 0 atom stereocenters. The molecule has 0 saturated heterocycles. The Morgan fingerprint density at radius 2 is 0.894 bits per heavy atom. The molecule has 3 aliphatic rings. The Morgan fingerprint density at radius 1 is 0.404 bits per heavy atom. The molecule has 0 unspecified atom stereocenters. The molecule has 10 rings (SSSR count). The molecule has 4 heteroatoms. The van der Waals surface area contributed by atoms with Crippen molar-refractivity contribution < 1.29 is 4.74 Å². The molecule has 2 nitrogen and oxygen atoms in total. The predicted molar refractivity (Wildman–Crippen MR) is 193 cm³/mol. The quantitative estimate of drug-likeness (QED) is 0.187. The van der Waals surface area contributed by atoms with E-state index in [2.05, 4.69) is 169 Å². The number of ether oxygens (including phenoxy) is 1. The first-order valence-corrected chi connectivity index (χ1v) is 17.5. The second-order valence-corrected chi connectivity index (χ2v) is 14.2. The van der Waals surface area contributed by atoms with Gasteiger partial charge < -0.3 is 9.64 Å². The van der Waals surface area contributed by atoms with Gasteiger partial charge in [0.1, 0.15) is 11.5 Å². The predicted octanol–water partition coefficient (Wildman–Crippen LogP) is 12.2. The van der Waals surface area contributed by atoms with Gasteiger partial charge >= 0.3 is 0 Å². The van der Waals surface area contributed by atoms with Crippen molar-refractivity contribution in [1.29, 1.82) is 0 Å². The van der Waals surface area contributed by atoms with E-state index in [1.165, 1.54) is 64.3 Å². The van der Waals surface area contributed by atoms with Gasteiger partial charge in [-0.25, -0.2) is 0 Å². The average Bonchev–Trinajstić information content (AvgIpc) is 3.14. The van der Waals surface area contributed by atoms with Crippen molar-refractivity contribution in [3.05, 3.63) is 186 Å². The summed E-state index contributed by atoms with van der Waals surface area (Å²) < 4.78 is 6.56. The lowest BCUT2D eigenvalue weighted by Gasteiger charge is -2.45. The number of hydrogen-bond acceptors (Lipinski definition) is 4. The van der Waals surface area contributed by atoms with Crippen LogP contribution in [0.15, 0.2) is 183 Å². The summed E-state index contributed by atoms with van der Waals surface area (Å²) in [6.07, 6.45) is 0. The summed E-state index contributed by atoms with van der Waals surface area (Å²) in [4.78, 5) is 7.48. The zero-order chi connectivity index (χ0) is 31.0. The van der Waals surface area contributed by atoms with E-state index in [1.54, 1.807) is 0 Å². The first kappa shape index (κ1) is 27.0. The monoisotopic (exact) mass is 637 g/mol. The summed E-state index contributed by atoms with van der Waals surface area (Å²) in [6, 6.07) is 59.4. The van der Waals surface area contributed by atoms with Crippen LogP contribution in [0.25, 0.3) is 11.1 Å². The summed E-state index contributed by atoms with van der Waals surface area (Å²) in [5, 5.41) is 0. The Morgan fingerprint density at radius 3 is 1.55 bits per heavy atom. The Kier molecular flexibility index (Phi) is 5.99. The van der Waals surface area contributed by atoms with Crippen LogP contribution in [-0.4, -0.2) is 0 Å². The van der Waals surface area contributed by atoms with Crippen molar-refractivity contribution in [2.75, 3.05) is 4.90 Å². The molecule has 3 aliphatic heterocycles. The van der Waals surface area contributed by atoms with Crippen LogP contribution in [0.1, 0.15) is 22.3 Å². The lowest BCUT2D eigenvalue weighted by molar-refractivity contribution is 0.431. The van der Waals surface area contributed by atoms with E-state index in [-0.39, 0.29) is 0 Å². The molecule has 0 aromatic heterocycles. The maximum Gasteiger partial charge on any atom is 0.132 e. The van der Waals surface area contributed by atoms with Gasteiger partial charge in [-0.3, -0.25) is 0 Å². The van der Waals surface area contributed by atoms with Gasteiger partial charge in [-0.2, -0.15) is 0 Å². The second kappa shape index (κ2) is 10.4. The molecule has 3 heterocycles. The van der Waals surface area contributed by atoms with E-state index in [1.807, 2.05) is 23.5 Å². The summed E-state index contributed by atoms with van der Waals surface area (Å²) >= 11 is 3.70. The molecule has 0 saturated carbocycles. The molecule has 1 spiro atoms.